The molecule has 1 aromatic rings. The highest BCUT2D eigenvalue weighted by Gasteiger charge is 2.26. The van der Waals surface area contributed by atoms with Crippen LogP contribution in [0.4, 0.5) is 5.82 Å². The van der Waals surface area contributed by atoms with Crippen LogP contribution < -0.4 is 15.5 Å². The molecule has 7 heteroatoms. The molecule has 1 aliphatic heterocycles. The predicted molar refractivity (Wildman–Crippen MR) is 128 cm³/mol. The molecule has 6 nitrogen and oxygen atoms in total. The van der Waals surface area contributed by atoms with Crippen LogP contribution in [0.25, 0.3) is 0 Å². The number of rotatable bonds is 7. The van der Waals surface area contributed by atoms with Gasteiger partial charge in [0.15, 0.2) is 5.96 Å². The minimum absolute atomic E-state index is 0.318. The molecule has 168 valence electrons. The molecule has 3 unspecified atom stereocenters. The fourth-order valence-electron chi connectivity index (χ4n) is 4.37. The number of pyridine rings is 1. The number of nitrogens with one attached hydrogen (secondary N) is 2. The van der Waals surface area contributed by atoms with Crippen molar-refractivity contribution in [3.05, 3.63) is 23.9 Å². The highest BCUT2D eigenvalue weighted by molar-refractivity contribution is 7.85. The average Bonchev–Trinajstić information content (AvgIpc) is 2.78. The van der Waals surface area contributed by atoms with Gasteiger partial charge >= 0.3 is 0 Å². The van der Waals surface area contributed by atoms with Crippen molar-refractivity contribution in [3.63, 3.8) is 0 Å². The Kier molecular flexibility index (Phi) is 8.97. The van der Waals surface area contributed by atoms with E-state index in [0.717, 1.165) is 74.3 Å². The van der Waals surface area contributed by atoms with Crippen molar-refractivity contribution < 1.29 is 4.21 Å². The van der Waals surface area contributed by atoms with E-state index in [1.165, 1.54) is 12.8 Å². The van der Waals surface area contributed by atoms with Crippen LogP contribution in [-0.2, 0) is 17.3 Å². The molecule has 2 fully saturated rings. The van der Waals surface area contributed by atoms with E-state index in [9.17, 15) is 4.21 Å². The molecule has 1 saturated heterocycles. The van der Waals surface area contributed by atoms with E-state index in [4.69, 9.17) is 4.99 Å². The number of aromatic nitrogens is 1. The number of guanidine groups is 1. The first-order chi connectivity index (χ1) is 14.6. The Bertz CT molecular complexity index is 700. The molecule has 0 amide bonds. The third kappa shape index (κ3) is 6.69. The fourth-order valence-corrected chi connectivity index (χ4v) is 5.72. The molecule has 0 bridgehead atoms. The highest BCUT2D eigenvalue weighted by atomic mass is 32.2. The monoisotopic (exact) mass is 433 g/mol. The molecule has 1 saturated carbocycles. The Morgan fingerprint density at radius 1 is 1.23 bits per heavy atom. The minimum atomic E-state index is -0.705. The predicted octanol–water partition coefficient (Wildman–Crippen LogP) is 3.45. The smallest absolute Gasteiger partial charge is 0.191 e. The Balaban J connectivity index is 1.55. The van der Waals surface area contributed by atoms with Gasteiger partial charge in [-0.2, -0.15) is 0 Å². The molecule has 1 aromatic heterocycles. The van der Waals surface area contributed by atoms with Crippen LogP contribution in [0.3, 0.4) is 0 Å². The van der Waals surface area contributed by atoms with E-state index in [-0.39, 0.29) is 0 Å². The van der Waals surface area contributed by atoms with E-state index in [0.29, 0.717) is 17.8 Å². The van der Waals surface area contributed by atoms with Gasteiger partial charge in [-0.25, -0.2) is 9.98 Å². The summed E-state index contributed by atoms with van der Waals surface area (Å²) in [6.07, 6.45) is 8.76. The summed E-state index contributed by atoms with van der Waals surface area (Å²) < 4.78 is 12.2. The van der Waals surface area contributed by atoms with Crippen molar-refractivity contribution in [1.82, 2.24) is 15.6 Å². The first-order valence-corrected chi connectivity index (χ1v) is 13.1. The normalized spacial score (nSPS) is 24.5. The van der Waals surface area contributed by atoms with Gasteiger partial charge in [-0.3, -0.25) is 4.21 Å². The number of anilines is 1. The van der Waals surface area contributed by atoms with Crippen LogP contribution in [0.2, 0.25) is 0 Å². The minimum Gasteiger partial charge on any atom is -0.357 e. The first-order valence-electron chi connectivity index (χ1n) is 11.7. The van der Waals surface area contributed by atoms with Gasteiger partial charge in [-0.05, 0) is 56.6 Å². The summed E-state index contributed by atoms with van der Waals surface area (Å²) in [5.41, 5.74) is 1.12. The number of nitrogens with zero attached hydrogens (tertiary/aromatic N) is 3. The standard InChI is InChI=1S/C23H39N5OS/c1-4-24-23(27-20-7-6-8-21(15-20)30(29)5-2)26-17-19-9-10-22(25-16-19)28-13-11-18(3)12-14-28/h9-10,16,18,20-21H,4-8,11-15,17H2,1-3H3,(H2,24,26,27). The summed E-state index contributed by atoms with van der Waals surface area (Å²) >= 11 is 0. The molecule has 3 rings (SSSR count). The SMILES string of the molecule is CCNC(=NCc1ccc(N2CCC(C)CC2)nc1)NC1CCCC(S(=O)CC)C1. The van der Waals surface area contributed by atoms with Gasteiger partial charge in [-0.1, -0.05) is 26.3 Å². The van der Waals surface area contributed by atoms with Crippen LogP contribution in [0.5, 0.6) is 0 Å². The number of hydrogen-bond donors (Lipinski definition) is 2. The first kappa shape index (κ1) is 23.0. The zero-order valence-corrected chi connectivity index (χ0v) is 19.7. The third-order valence-corrected chi connectivity index (χ3v) is 8.04. The van der Waals surface area contributed by atoms with Crippen LogP contribution in [0.15, 0.2) is 23.3 Å². The molecule has 0 radical (unpaired) electrons. The lowest BCUT2D eigenvalue weighted by atomic mass is 9.95. The Hall–Kier alpha value is -1.63. The van der Waals surface area contributed by atoms with Crippen LogP contribution in [0.1, 0.15) is 64.9 Å². The summed E-state index contributed by atoms with van der Waals surface area (Å²) in [5, 5.41) is 7.26. The Morgan fingerprint density at radius 2 is 2.03 bits per heavy atom. The van der Waals surface area contributed by atoms with E-state index >= 15 is 0 Å². The van der Waals surface area contributed by atoms with Crippen molar-refractivity contribution in [3.8, 4) is 0 Å². The second-order valence-corrected chi connectivity index (χ2v) is 10.7. The number of hydrogen-bond acceptors (Lipinski definition) is 4. The molecule has 2 heterocycles. The summed E-state index contributed by atoms with van der Waals surface area (Å²) in [5.74, 6) is 3.51. The summed E-state index contributed by atoms with van der Waals surface area (Å²) in [6, 6.07) is 4.63. The Morgan fingerprint density at radius 3 is 2.70 bits per heavy atom. The zero-order chi connectivity index (χ0) is 21.3. The Labute approximate surface area is 184 Å². The van der Waals surface area contributed by atoms with Gasteiger partial charge in [0.1, 0.15) is 5.82 Å². The lowest BCUT2D eigenvalue weighted by Gasteiger charge is -2.31. The van der Waals surface area contributed by atoms with E-state index in [1.807, 2.05) is 13.1 Å². The molecule has 2 aliphatic rings. The van der Waals surface area contributed by atoms with Crippen LogP contribution in [0, 0.1) is 5.92 Å². The maximum atomic E-state index is 12.2. The van der Waals surface area contributed by atoms with Crippen LogP contribution >= 0.6 is 0 Å². The maximum absolute atomic E-state index is 12.2. The van der Waals surface area contributed by atoms with E-state index in [2.05, 4.69) is 46.5 Å². The van der Waals surface area contributed by atoms with Crippen LogP contribution in [-0.4, -0.2) is 51.8 Å². The second kappa shape index (κ2) is 11.7. The van der Waals surface area contributed by atoms with Gasteiger partial charge in [0.2, 0.25) is 0 Å². The third-order valence-electron chi connectivity index (χ3n) is 6.30. The van der Waals surface area contributed by atoms with Gasteiger partial charge in [0.05, 0.1) is 6.54 Å². The van der Waals surface area contributed by atoms with Gasteiger partial charge in [0, 0.05) is 53.7 Å². The summed E-state index contributed by atoms with van der Waals surface area (Å²) in [4.78, 5) is 11.9. The van der Waals surface area contributed by atoms with Crippen molar-refractivity contribution in [2.45, 2.75) is 77.1 Å². The van der Waals surface area contributed by atoms with Crippen molar-refractivity contribution in [1.29, 1.82) is 0 Å². The second-order valence-electron chi connectivity index (χ2n) is 8.69. The number of piperidine rings is 1. The topological polar surface area (TPSA) is 69.6 Å². The van der Waals surface area contributed by atoms with Gasteiger partial charge in [-0.15, -0.1) is 0 Å². The zero-order valence-electron chi connectivity index (χ0n) is 18.9. The molecular formula is C23H39N5OS. The van der Waals surface area contributed by atoms with Crippen molar-refractivity contribution in [2.75, 3.05) is 30.3 Å². The highest BCUT2D eigenvalue weighted by Crippen LogP contribution is 2.23. The van der Waals surface area contributed by atoms with Gasteiger partial charge < -0.3 is 15.5 Å². The molecule has 3 atom stereocenters. The van der Waals surface area contributed by atoms with Gasteiger partial charge in [0.25, 0.3) is 0 Å². The summed E-state index contributed by atoms with van der Waals surface area (Å²) in [6.45, 7) is 10.1. The van der Waals surface area contributed by atoms with E-state index in [1.54, 1.807) is 0 Å². The quantitative estimate of drug-likeness (QED) is 0.509. The average molecular weight is 434 g/mol. The fraction of sp³-hybridized carbons (Fsp3) is 0.739. The van der Waals surface area contributed by atoms with Crippen molar-refractivity contribution >= 4 is 22.6 Å². The molecule has 0 aromatic carbocycles. The molecule has 1 aliphatic carbocycles. The lowest BCUT2D eigenvalue weighted by Crippen LogP contribution is -2.46. The van der Waals surface area contributed by atoms with Crippen molar-refractivity contribution in [2.24, 2.45) is 10.9 Å². The lowest BCUT2D eigenvalue weighted by molar-refractivity contribution is 0.413. The maximum Gasteiger partial charge on any atom is 0.191 e. The molecule has 2 N–H and O–H groups in total. The summed E-state index contributed by atoms with van der Waals surface area (Å²) in [7, 11) is -0.705. The molecule has 0 spiro atoms. The molecular weight excluding hydrogens is 394 g/mol. The van der Waals surface area contributed by atoms with E-state index < -0.39 is 10.8 Å². The molecule has 30 heavy (non-hydrogen) atoms. The number of aliphatic imine (C=N–C) groups is 1. The largest absolute Gasteiger partial charge is 0.357 e.